The van der Waals surface area contributed by atoms with Gasteiger partial charge < -0.3 is 4.90 Å². The minimum Gasteiger partial charge on any atom is -0.368 e. The van der Waals surface area contributed by atoms with Gasteiger partial charge in [0.25, 0.3) is 0 Å². The van der Waals surface area contributed by atoms with E-state index >= 15 is 0 Å². The molecule has 5 nitrogen and oxygen atoms in total. The summed E-state index contributed by atoms with van der Waals surface area (Å²) in [5.41, 5.74) is 4.30. The molecule has 0 N–H and O–H groups in total. The van der Waals surface area contributed by atoms with Crippen LogP contribution in [0.15, 0.2) is 42.2 Å². The highest BCUT2D eigenvalue weighted by Gasteiger charge is 2.33. The number of aromatic nitrogens is 2. The van der Waals surface area contributed by atoms with Gasteiger partial charge >= 0.3 is 0 Å². The molecule has 1 atom stereocenters. The largest absolute Gasteiger partial charge is 0.368 e. The summed E-state index contributed by atoms with van der Waals surface area (Å²) in [7, 11) is 0. The second-order valence-electron chi connectivity index (χ2n) is 6.47. The molecule has 1 saturated heterocycles. The summed E-state index contributed by atoms with van der Waals surface area (Å²) in [6.07, 6.45) is 5.03. The van der Waals surface area contributed by atoms with Gasteiger partial charge in [0, 0.05) is 37.5 Å². The molecule has 2 aliphatic rings. The van der Waals surface area contributed by atoms with E-state index in [9.17, 15) is 10.1 Å². The van der Waals surface area contributed by atoms with Gasteiger partial charge in [0.2, 0.25) is 0 Å². The molecule has 120 valence electrons. The molecule has 24 heavy (non-hydrogen) atoms. The van der Waals surface area contributed by atoms with Crippen molar-refractivity contribution < 1.29 is 4.79 Å². The maximum atomic E-state index is 12.4. The van der Waals surface area contributed by atoms with Crippen LogP contribution in [-0.4, -0.2) is 33.6 Å². The molecular formula is C19H18N4O. The van der Waals surface area contributed by atoms with E-state index in [2.05, 4.69) is 22.1 Å². The minimum absolute atomic E-state index is 0.0774. The lowest BCUT2D eigenvalue weighted by atomic mass is 9.87. The molecule has 0 radical (unpaired) electrons. The maximum Gasteiger partial charge on any atom is 0.179 e. The number of nitriles is 1. The molecule has 2 heterocycles. The molecule has 1 fully saturated rings. The second-order valence-corrected chi connectivity index (χ2v) is 6.47. The van der Waals surface area contributed by atoms with Gasteiger partial charge in [0.15, 0.2) is 5.78 Å². The van der Waals surface area contributed by atoms with Gasteiger partial charge in [-0.3, -0.25) is 9.48 Å². The third-order valence-corrected chi connectivity index (χ3v) is 4.88. The fraction of sp³-hybridized carbons (Fsp3) is 0.316. The molecule has 4 rings (SSSR count). The smallest absolute Gasteiger partial charge is 0.179 e. The highest BCUT2D eigenvalue weighted by molar-refractivity contribution is 6.09. The van der Waals surface area contributed by atoms with Crippen LogP contribution >= 0.6 is 0 Å². The number of Topliss-reactive ketones (excluding diaryl/α,β-unsaturated/α-hetero) is 1. The van der Waals surface area contributed by atoms with Crippen LogP contribution in [-0.2, 0) is 11.2 Å². The molecule has 0 unspecified atom stereocenters. The van der Waals surface area contributed by atoms with Crippen molar-refractivity contribution in [2.24, 2.45) is 0 Å². The van der Waals surface area contributed by atoms with Gasteiger partial charge in [0.1, 0.15) is 11.6 Å². The third-order valence-electron chi connectivity index (χ3n) is 4.88. The zero-order chi connectivity index (χ0) is 16.7. The van der Waals surface area contributed by atoms with Crippen LogP contribution in [0.5, 0.6) is 0 Å². The highest BCUT2D eigenvalue weighted by atomic mass is 16.1. The fourth-order valence-corrected chi connectivity index (χ4v) is 3.69. The summed E-state index contributed by atoms with van der Waals surface area (Å²) < 4.78 is 1.97. The lowest BCUT2D eigenvalue weighted by Gasteiger charge is -2.28. The van der Waals surface area contributed by atoms with Crippen molar-refractivity contribution in [2.45, 2.75) is 25.8 Å². The van der Waals surface area contributed by atoms with Crippen molar-refractivity contribution in [1.29, 1.82) is 5.26 Å². The number of carbonyl (C=O) groups excluding carboxylic acids is 1. The van der Waals surface area contributed by atoms with Gasteiger partial charge in [-0.25, -0.2) is 0 Å². The topological polar surface area (TPSA) is 61.9 Å². The zero-order valence-corrected chi connectivity index (χ0v) is 13.6. The normalized spacial score (nSPS) is 20.2. The Balaban J connectivity index is 1.76. The number of rotatable bonds is 2. The van der Waals surface area contributed by atoms with Crippen molar-refractivity contribution >= 4 is 11.5 Å². The standard InChI is InChI=1S/C19H18N4O/c1-13-3-4-14-10-18(24)17(11-20)19(16(14)9-13)22-8-5-15(12-22)23-7-2-6-21-23/h2-4,6-7,9,15H,5,8,10,12H2,1H3/t15-/m1/s1. The molecule has 1 aromatic heterocycles. The number of hydrogen-bond acceptors (Lipinski definition) is 4. The number of hydrogen-bond donors (Lipinski definition) is 0. The minimum atomic E-state index is -0.0774. The quantitative estimate of drug-likeness (QED) is 0.853. The van der Waals surface area contributed by atoms with Crippen molar-refractivity contribution in [3.8, 4) is 6.07 Å². The monoisotopic (exact) mass is 318 g/mol. The fourth-order valence-electron chi connectivity index (χ4n) is 3.69. The van der Waals surface area contributed by atoms with Crippen LogP contribution in [0, 0.1) is 18.3 Å². The predicted octanol–water partition coefficient (Wildman–Crippen LogP) is 2.50. The molecule has 1 aliphatic heterocycles. The highest BCUT2D eigenvalue weighted by Crippen LogP contribution is 2.36. The lowest BCUT2D eigenvalue weighted by Crippen LogP contribution is -2.27. The lowest BCUT2D eigenvalue weighted by molar-refractivity contribution is -0.114. The number of fused-ring (bicyclic) bond motifs is 1. The molecule has 0 bridgehead atoms. The predicted molar refractivity (Wildman–Crippen MR) is 89.9 cm³/mol. The number of carbonyl (C=O) groups is 1. The van der Waals surface area contributed by atoms with Crippen LogP contribution in [0.2, 0.25) is 0 Å². The van der Waals surface area contributed by atoms with E-state index in [1.165, 1.54) is 0 Å². The average Bonchev–Trinajstić information content (AvgIpc) is 3.25. The summed E-state index contributed by atoms with van der Waals surface area (Å²) in [6, 6.07) is 10.5. The first-order chi connectivity index (χ1) is 11.7. The van der Waals surface area contributed by atoms with Crippen LogP contribution in [0.4, 0.5) is 0 Å². The Bertz CT molecular complexity index is 873. The zero-order valence-electron chi connectivity index (χ0n) is 13.6. The van der Waals surface area contributed by atoms with Gasteiger partial charge in [-0.1, -0.05) is 17.7 Å². The van der Waals surface area contributed by atoms with Gasteiger partial charge in [-0.15, -0.1) is 0 Å². The van der Waals surface area contributed by atoms with E-state index < -0.39 is 0 Å². The van der Waals surface area contributed by atoms with E-state index in [-0.39, 0.29) is 11.8 Å². The maximum absolute atomic E-state index is 12.4. The molecule has 1 aromatic carbocycles. The molecule has 2 aromatic rings. The Morgan fingerprint density at radius 1 is 1.38 bits per heavy atom. The third kappa shape index (κ3) is 2.31. The Morgan fingerprint density at radius 2 is 2.25 bits per heavy atom. The summed E-state index contributed by atoms with van der Waals surface area (Å²) >= 11 is 0. The van der Waals surface area contributed by atoms with E-state index in [1.54, 1.807) is 6.20 Å². The van der Waals surface area contributed by atoms with Gasteiger partial charge in [-0.05, 0) is 31.0 Å². The Kier molecular flexibility index (Phi) is 3.46. The number of nitrogens with zero attached hydrogens (tertiary/aromatic N) is 4. The van der Waals surface area contributed by atoms with Crippen molar-refractivity contribution in [3.05, 3.63) is 58.9 Å². The van der Waals surface area contributed by atoms with Gasteiger partial charge in [-0.2, -0.15) is 10.4 Å². The van der Waals surface area contributed by atoms with Crippen LogP contribution in [0.1, 0.15) is 29.2 Å². The second kappa shape index (κ2) is 5.64. The van der Waals surface area contributed by atoms with Crippen molar-refractivity contribution in [1.82, 2.24) is 14.7 Å². The average molecular weight is 318 g/mol. The Hall–Kier alpha value is -2.87. The summed E-state index contributed by atoms with van der Waals surface area (Å²) in [5, 5.41) is 13.9. The number of allylic oxidation sites excluding steroid dienone is 1. The summed E-state index contributed by atoms with van der Waals surface area (Å²) in [5.74, 6) is -0.0774. The first-order valence-electron chi connectivity index (χ1n) is 8.19. The van der Waals surface area contributed by atoms with E-state index in [4.69, 9.17) is 0 Å². The number of benzene rings is 1. The Labute approximate surface area is 140 Å². The van der Waals surface area contributed by atoms with Crippen molar-refractivity contribution in [3.63, 3.8) is 0 Å². The van der Waals surface area contributed by atoms with Crippen LogP contribution in [0.25, 0.3) is 5.70 Å². The molecule has 0 spiro atoms. The van der Waals surface area contributed by atoms with Crippen LogP contribution in [0.3, 0.4) is 0 Å². The van der Waals surface area contributed by atoms with E-state index in [1.807, 2.05) is 36.0 Å². The first-order valence-corrected chi connectivity index (χ1v) is 8.19. The molecule has 1 aliphatic carbocycles. The van der Waals surface area contributed by atoms with Crippen LogP contribution < -0.4 is 0 Å². The number of likely N-dealkylation sites (tertiary alicyclic amines) is 1. The summed E-state index contributed by atoms with van der Waals surface area (Å²) in [6.45, 7) is 3.63. The van der Waals surface area contributed by atoms with Crippen molar-refractivity contribution in [2.75, 3.05) is 13.1 Å². The number of aryl methyl sites for hydroxylation is 1. The number of ketones is 1. The van der Waals surface area contributed by atoms with E-state index in [0.29, 0.717) is 12.0 Å². The Morgan fingerprint density at radius 3 is 3.00 bits per heavy atom. The molecule has 0 amide bonds. The molecule has 0 saturated carbocycles. The van der Waals surface area contributed by atoms with E-state index in [0.717, 1.165) is 41.9 Å². The molecular weight excluding hydrogens is 300 g/mol. The SMILES string of the molecule is Cc1ccc2c(c1)C(N1CC[C@@H](n3cccn3)C1)=C(C#N)C(=O)C2. The van der Waals surface area contributed by atoms with Gasteiger partial charge in [0.05, 0.1) is 11.7 Å². The molecule has 5 heteroatoms. The summed E-state index contributed by atoms with van der Waals surface area (Å²) in [4.78, 5) is 14.6. The first kappa shape index (κ1) is 14.7.